The van der Waals surface area contributed by atoms with Gasteiger partial charge in [0.1, 0.15) is 35.2 Å². The van der Waals surface area contributed by atoms with Crippen LogP contribution in [0.5, 0.6) is 11.5 Å². The van der Waals surface area contributed by atoms with Crippen molar-refractivity contribution in [3.8, 4) is 11.5 Å². The van der Waals surface area contributed by atoms with E-state index in [9.17, 15) is 4.79 Å². The van der Waals surface area contributed by atoms with Crippen LogP contribution in [0, 0.1) is 0 Å². The number of carbonyl (C=O) groups excluding carboxylic acids is 1. The van der Waals surface area contributed by atoms with Crippen LogP contribution < -0.4 is 14.8 Å². The fourth-order valence-corrected chi connectivity index (χ4v) is 2.70. The number of ether oxygens (including phenoxy) is 5. The zero-order valence-corrected chi connectivity index (χ0v) is 16.9. The highest BCUT2D eigenvalue weighted by molar-refractivity contribution is 5.99. The Morgan fingerprint density at radius 2 is 1.93 bits per heavy atom. The highest BCUT2D eigenvalue weighted by atomic mass is 16.7. The van der Waals surface area contributed by atoms with Gasteiger partial charge in [-0.2, -0.15) is 5.10 Å². The van der Waals surface area contributed by atoms with Gasteiger partial charge >= 0.3 is 5.97 Å². The van der Waals surface area contributed by atoms with Crippen LogP contribution in [0.25, 0.3) is 0 Å². The third-order valence-electron chi connectivity index (χ3n) is 4.01. The van der Waals surface area contributed by atoms with Crippen molar-refractivity contribution >= 4 is 17.5 Å². The van der Waals surface area contributed by atoms with Gasteiger partial charge in [0.2, 0.25) is 0 Å². The molecule has 0 amide bonds. The smallest absolute Gasteiger partial charge is 0.343 e. The fraction of sp³-hybridized carbons (Fsp3) is 0.300. The molecule has 0 unspecified atom stereocenters. The van der Waals surface area contributed by atoms with E-state index in [0.29, 0.717) is 23.8 Å². The highest BCUT2D eigenvalue weighted by Crippen LogP contribution is 2.35. The van der Waals surface area contributed by atoms with Gasteiger partial charge in [0.15, 0.2) is 13.6 Å². The summed E-state index contributed by atoms with van der Waals surface area (Å²) in [5, 5.41) is 7.50. The Hall–Kier alpha value is -3.50. The fourth-order valence-electron chi connectivity index (χ4n) is 2.70. The van der Waals surface area contributed by atoms with E-state index in [2.05, 4.69) is 10.4 Å². The van der Waals surface area contributed by atoms with E-state index in [-0.39, 0.29) is 24.9 Å². The summed E-state index contributed by atoms with van der Waals surface area (Å²) < 4.78 is 33.1. The molecule has 160 valence electrons. The summed E-state index contributed by atoms with van der Waals surface area (Å²) in [5.74, 6) is 1.43. The zero-order valence-electron chi connectivity index (χ0n) is 16.9. The largest absolute Gasteiger partial charge is 0.467 e. The van der Waals surface area contributed by atoms with Crippen molar-refractivity contribution in [3.63, 3.8) is 0 Å². The van der Waals surface area contributed by atoms with Crippen LogP contribution in [0.4, 0.5) is 11.5 Å². The average Bonchev–Trinajstić information content (AvgIpc) is 3.42. The Morgan fingerprint density at radius 3 is 2.63 bits per heavy atom. The number of anilines is 2. The van der Waals surface area contributed by atoms with Crippen LogP contribution in [0.3, 0.4) is 0 Å². The summed E-state index contributed by atoms with van der Waals surface area (Å²) in [6.07, 6.45) is 3.23. The molecule has 0 atom stereocenters. The Kier molecular flexibility index (Phi) is 7.30. The Balaban J connectivity index is 1.99. The molecule has 30 heavy (non-hydrogen) atoms. The molecule has 10 heteroatoms. The number of aromatic nitrogens is 2. The summed E-state index contributed by atoms with van der Waals surface area (Å²) in [4.78, 5) is 12.5. The van der Waals surface area contributed by atoms with Crippen LogP contribution >= 0.6 is 0 Å². The van der Waals surface area contributed by atoms with E-state index in [0.717, 1.165) is 5.76 Å². The molecule has 0 radical (unpaired) electrons. The molecule has 0 aliphatic heterocycles. The summed E-state index contributed by atoms with van der Waals surface area (Å²) in [6, 6.07) is 8.63. The lowest BCUT2D eigenvalue weighted by atomic mass is 10.1. The zero-order chi connectivity index (χ0) is 21.3. The number of esters is 1. The van der Waals surface area contributed by atoms with Gasteiger partial charge in [0.05, 0.1) is 25.3 Å². The van der Waals surface area contributed by atoms with Gasteiger partial charge in [-0.05, 0) is 12.1 Å². The maximum atomic E-state index is 12.5. The first-order valence-corrected chi connectivity index (χ1v) is 8.97. The molecule has 2 heterocycles. The summed E-state index contributed by atoms with van der Waals surface area (Å²) in [7, 11) is 4.29. The number of methoxy groups -OCH3 is 3. The van der Waals surface area contributed by atoms with Crippen molar-refractivity contribution in [2.24, 2.45) is 0 Å². The van der Waals surface area contributed by atoms with Gasteiger partial charge < -0.3 is 33.4 Å². The number of hydrogen-bond donors (Lipinski definition) is 1. The SMILES string of the molecule is COCOc1cc(Nc2ccnn2Cc2ccco2)c(C(=O)OC)c(OCOC)c1. The van der Waals surface area contributed by atoms with Crippen LogP contribution in [0.1, 0.15) is 16.1 Å². The Labute approximate surface area is 173 Å². The van der Waals surface area contributed by atoms with E-state index >= 15 is 0 Å². The van der Waals surface area contributed by atoms with Crippen molar-refractivity contribution in [2.45, 2.75) is 6.54 Å². The number of nitrogens with zero attached hydrogens (tertiary/aromatic N) is 2. The minimum Gasteiger partial charge on any atom is -0.467 e. The monoisotopic (exact) mass is 417 g/mol. The van der Waals surface area contributed by atoms with Crippen LogP contribution in [0.15, 0.2) is 47.2 Å². The van der Waals surface area contributed by atoms with E-state index in [1.54, 1.807) is 41.4 Å². The lowest BCUT2D eigenvalue weighted by Gasteiger charge is -2.18. The maximum absolute atomic E-state index is 12.5. The van der Waals surface area contributed by atoms with Crippen molar-refractivity contribution in [1.82, 2.24) is 9.78 Å². The van der Waals surface area contributed by atoms with E-state index in [1.165, 1.54) is 21.3 Å². The number of furan rings is 1. The minimum atomic E-state index is -0.584. The highest BCUT2D eigenvalue weighted by Gasteiger charge is 2.22. The third-order valence-corrected chi connectivity index (χ3v) is 4.01. The molecule has 1 N–H and O–H groups in total. The second kappa shape index (κ2) is 10.3. The maximum Gasteiger partial charge on any atom is 0.343 e. The summed E-state index contributed by atoms with van der Waals surface area (Å²) in [6.45, 7) is 0.369. The summed E-state index contributed by atoms with van der Waals surface area (Å²) in [5.41, 5.74) is 0.591. The molecule has 0 fully saturated rings. The lowest BCUT2D eigenvalue weighted by Crippen LogP contribution is -2.13. The van der Waals surface area contributed by atoms with Crippen LogP contribution in [-0.2, 0) is 20.8 Å². The molecule has 0 bridgehead atoms. The van der Waals surface area contributed by atoms with Gasteiger partial charge in [-0.3, -0.25) is 0 Å². The van der Waals surface area contributed by atoms with Crippen molar-refractivity contribution in [1.29, 1.82) is 0 Å². The number of benzene rings is 1. The molecule has 10 nitrogen and oxygen atoms in total. The van der Waals surface area contributed by atoms with Gasteiger partial charge in [0, 0.05) is 32.4 Å². The van der Waals surface area contributed by atoms with Crippen LogP contribution in [-0.4, -0.2) is 50.7 Å². The topological polar surface area (TPSA) is 106 Å². The first-order valence-electron chi connectivity index (χ1n) is 8.97. The number of rotatable bonds is 11. The molecular formula is C20H23N3O7. The summed E-state index contributed by atoms with van der Waals surface area (Å²) >= 11 is 0. The average molecular weight is 417 g/mol. The molecule has 0 saturated heterocycles. The third kappa shape index (κ3) is 5.10. The predicted octanol–water partition coefficient (Wildman–Crippen LogP) is 3.02. The van der Waals surface area contributed by atoms with Crippen molar-refractivity contribution < 1.29 is 32.9 Å². The number of carbonyl (C=O) groups is 1. The predicted molar refractivity (Wildman–Crippen MR) is 106 cm³/mol. The quantitative estimate of drug-likeness (QED) is 0.372. The first-order chi connectivity index (χ1) is 14.7. The first kappa shape index (κ1) is 21.2. The lowest BCUT2D eigenvalue weighted by molar-refractivity contribution is 0.0436. The second-order valence-corrected chi connectivity index (χ2v) is 6.02. The molecular weight excluding hydrogens is 394 g/mol. The Morgan fingerprint density at radius 1 is 1.13 bits per heavy atom. The molecule has 0 saturated carbocycles. The van der Waals surface area contributed by atoms with Gasteiger partial charge in [-0.15, -0.1) is 0 Å². The molecule has 0 aliphatic rings. The molecule has 0 spiro atoms. The van der Waals surface area contributed by atoms with Gasteiger partial charge in [-0.1, -0.05) is 0 Å². The normalized spacial score (nSPS) is 10.6. The number of nitrogens with one attached hydrogen (secondary N) is 1. The van der Waals surface area contributed by atoms with E-state index in [4.69, 9.17) is 28.1 Å². The standard InChI is InChI=1S/C20H23N3O7/c1-25-12-29-15-9-16(19(20(24)27-3)17(10-15)30-13-26-2)22-18-6-7-21-23(18)11-14-5-4-8-28-14/h4-10,22H,11-13H2,1-3H3. The van der Waals surface area contributed by atoms with Crippen LogP contribution in [0.2, 0.25) is 0 Å². The molecule has 2 aromatic heterocycles. The molecule has 3 rings (SSSR count). The second-order valence-electron chi connectivity index (χ2n) is 6.02. The van der Waals surface area contributed by atoms with Crippen molar-refractivity contribution in [3.05, 3.63) is 54.1 Å². The molecule has 3 aromatic rings. The van der Waals surface area contributed by atoms with Gasteiger partial charge in [-0.25, -0.2) is 9.48 Å². The molecule has 1 aromatic carbocycles. The van der Waals surface area contributed by atoms with Gasteiger partial charge in [0.25, 0.3) is 0 Å². The van der Waals surface area contributed by atoms with E-state index in [1.807, 2.05) is 6.07 Å². The molecule has 0 aliphatic carbocycles. The number of hydrogen-bond acceptors (Lipinski definition) is 9. The van der Waals surface area contributed by atoms with E-state index < -0.39 is 5.97 Å². The Bertz CT molecular complexity index is 953. The minimum absolute atomic E-state index is 0.0250. The van der Waals surface area contributed by atoms with Crippen molar-refractivity contribution in [2.75, 3.05) is 40.2 Å².